The molecule has 3 aliphatic rings. The Balaban J connectivity index is 0.965. The zero-order valence-electron chi connectivity index (χ0n) is 36.8. The van der Waals surface area contributed by atoms with E-state index >= 15 is 0 Å². The van der Waals surface area contributed by atoms with E-state index in [4.69, 9.17) is 21.0 Å². The number of amides is 4. The molecule has 4 amide bonds. The van der Waals surface area contributed by atoms with Crippen LogP contribution in [0.25, 0.3) is 49.3 Å². The highest BCUT2D eigenvalue weighted by Gasteiger charge is 2.55. The first kappa shape index (κ1) is 43.0. The molecule has 328 valence electrons. The Hall–Kier alpha value is -6.69. The number of ether oxygens (including phenoxy) is 2. The predicted octanol–water partition coefficient (Wildman–Crippen LogP) is 8.05. The van der Waals surface area contributed by atoms with E-state index in [0.29, 0.717) is 18.8 Å². The SMILES string of the molecule is [C-]#[N+][C@H]1C[C@@H](c2ncc(-c3ccc(-c4ccc5cc(-c6cnc([C@@H]7CC8(CC8)CN7C(=O)C(NC(=O)OC)C(C)C)[nH]6)ccc5c4)cc3)[nH]2)N(C(=O)[C@@H](NC(=O)OC)C(C)(C)C)C1. The molecule has 2 aromatic heterocycles. The minimum absolute atomic E-state index is 0.110. The highest BCUT2D eigenvalue weighted by atomic mass is 16.5. The minimum atomic E-state index is -0.855. The molecule has 63 heavy (non-hydrogen) atoms. The van der Waals surface area contributed by atoms with E-state index in [1.54, 1.807) is 11.1 Å². The molecule has 5 atom stereocenters. The maximum absolute atomic E-state index is 13.9. The number of nitrogens with zero attached hydrogens (tertiary/aromatic N) is 5. The first-order chi connectivity index (χ1) is 30.1. The molecule has 3 aromatic carbocycles. The van der Waals surface area contributed by atoms with E-state index in [1.165, 1.54) is 14.2 Å². The van der Waals surface area contributed by atoms with Crippen molar-refractivity contribution in [2.45, 2.75) is 90.5 Å². The lowest BCUT2D eigenvalue weighted by Crippen LogP contribution is -2.54. The zero-order chi connectivity index (χ0) is 44.8. The second-order valence-corrected chi connectivity index (χ2v) is 18.7. The van der Waals surface area contributed by atoms with Crippen LogP contribution in [0.2, 0.25) is 0 Å². The Labute approximate surface area is 367 Å². The number of methoxy groups -OCH3 is 2. The summed E-state index contributed by atoms with van der Waals surface area (Å²) in [5, 5.41) is 7.61. The van der Waals surface area contributed by atoms with Crippen LogP contribution in [0.4, 0.5) is 9.59 Å². The molecule has 8 rings (SSSR count). The van der Waals surface area contributed by atoms with Crippen LogP contribution in [0.15, 0.2) is 73.1 Å². The number of carbonyl (C=O) groups is 4. The van der Waals surface area contributed by atoms with Crippen molar-refractivity contribution in [3.05, 3.63) is 96.1 Å². The van der Waals surface area contributed by atoms with Crippen LogP contribution in [0.5, 0.6) is 0 Å². The van der Waals surface area contributed by atoms with Crippen LogP contribution in [-0.2, 0) is 19.1 Å². The van der Waals surface area contributed by atoms with Crippen LogP contribution < -0.4 is 10.6 Å². The Morgan fingerprint density at radius 1 is 0.778 bits per heavy atom. The Kier molecular flexibility index (Phi) is 11.5. The smallest absolute Gasteiger partial charge is 0.407 e. The fourth-order valence-electron chi connectivity index (χ4n) is 9.09. The number of carbonyl (C=O) groups excluding carboxylic acids is 4. The van der Waals surface area contributed by atoms with Crippen molar-refractivity contribution in [1.29, 1.82) is 0 Å². The van der Waals surface area contributed by atoms with Crippen molar-refractivity contribution in [3.8, 4) is 33.6 Å². The van der Waals surface area contributed by atoms with E-state index < -0.39 is 35.7 Å². The highest BCUT2D eigenvalue weighted by Crippen LogP contribution is 2.58. The Morgan fingerprint density at radius 3 is 1.92 bits per heavy atom. The molecule has 4 N–H and O–H groups in total. The number of fused-ring (bicyclic) bond motifs is 1. The molecule has 0 radical (unpaired) electrons. The highest BCUT2D eigenvalue weighted by molar-refractivity contribution is 5.91. The van der Waals surface area contributed by atoms with Gasteiger partial charge >= 0.3 is 12.2 Å². The van der Waals surface area contributed by atoms with Gasteiger partial charge in [-0.3, -0.25) is 9.59 Å². The number of likely N-dealkylation sites (tertiary alicyclic amines) is 2. The van der Waals surface area contributed by atoms with Crippen LogP contribution in [0.1, 0.15) is 84.0 Å². The maximum Gasteiger partial charge on any atom is 0.407 e. The summed E-state index contributed by atoms with van der Waals surface area (Å²) in [4.78, 5) is 75.9. The summed E-state index contributed by atoms with van der Waals surface area (Å²) < 4.78 is 9.63. The lowest BCUT2D eigenvalue weighted by Gasteiger charge is -2.34. The predicted molar refractivity (Wildman–Crippen MR) is 238 cm³/mol. The van der Waals surface area contributed by atoms with E-state index in [1.807, 2.05) is 57.8 Å². The summed E-state index contributed by atoms with van der Waals surface area (Å²) in [5.41, 5.74) is 5.20. The maximum atomic E-state index is 13.9. The lowest BCUT2D eigenvalue weighted by atomic mass is 9.85. The number of H-pyrrole nitrogens is 2. The van der Waals surface area contributed by atoms with E-state index in [9.17, 15) is 19.2 Å². The average Bonchev–Trinajstić information content (AvgIpc) is 3.78. The van der Waals surface area contributed by atoms with Gasteiger partial charge in [0.05, 0.1) is 63.1 Å². The van der Waals surface area contributed by atoms with Crippen molar-refractivity contribution in [1.82, 2.24) is 40.4 Å². The van der Waals surface area contributed by atoms with Crippen molar-refractivity contribution in [2.24, 2.45) is 16.7 Å². The van der Waals surface area contributed by atoms with Gasteiger partial charge in [-0.15, -0.1) is 0 Å². The van der Waals surface area contributed by atoms with Gasteiger partial charge in [-0.1, -0.05) is 83.1 Å². The standard InChI is InChI=1S/C48H55N9O6/c1-27(2)39(54-45(60)62-7)43(58)57-26-48(17-18-48)22-38(57)42-51-24-36(53-42)33-16-15-31-19-30(13-14-32(31)20-33)28-9-11-29(12-10-28)35-23-50-41(52-35)37-21-34(49-6)25-56(37)44(59)40(47(3,4)5)55-46(61)63-8/h9-16,19-20,23-24,27,34,37-40H,17-18,21-22,25-26H2,1-5,7-8H3,(H,50,52)(H,51,53)(H,54,60)(H,55,61)/t34-,37-,38-,39?,40+/m0/s1. The van der Waals surface area contributed by atoms with Gasteiger partial charge in [0.2, 0.25) is 17.9 Å². The van der Waals surface area contributed by atoms with Gasteiger partial charge in [0.25, 0.3) is 0 Å². The molecule has 2 aliphatic heterocycles. The van der Waals surface area contributed by atoms with Gasteiger partial charge in [-0.05, 0) is 75.6 Å². The molecular formula is C48H55N9O6. The van der Waals surface area contributed by atoms with Gasteiger partial charge in [-0.25, -0.2) is 26.1 Å². The number of nitrogens with one attached hydrogen (secondary N) is 4. The summed E-state index contributed by atoms with van der Waals surface area (Å²) in [6.45, 7) is 18.1. The molecule has 1 unspecified atom stereocenters. The van der Waals surface area contributed by atoms with Gasteiger partial charge in [-0.2, -0.15) is 0 Å². The van der Waals surface area contributed by atoms with E-state index in [-0.39, 0.29) is 41.8 Å². The quantitative estimate of drug-likeness (QED) is 0.102. The fourth-order valence-corrected chi connectivity index (χ4v) is 9.09. The van der Waals surface area contributed by atoms with E-state index in [0.717, 1.165) is 69.5 Å². The number of imidazole rings is 2. The number of benzene rings is 3. The summed E-state index contributed by atoms with van der Waals surface area (Å²) in [6, 6.07) is 18.3. The summed E-state index contributed by atoms with van der Waals surface area (Å²) in [5.74, 6) is 0.822. The second kappa shape index (κ2) is 16.9. The number of hydrogen-bond acceptors (Lipinski definition) is 8. The second-order valence-electron chi connectivity index (χ2n) is 18.7. The number of rotatable bonds is 10. The molecule has 1 spiro atoms. The number of aromatic amines is 2. The van der Waals surface area contributed by atoms with Gasteiger partial charge < -0.3 is 44.7 Å². The Bertz CT molecular complexity index is 2580. The normalized spacial score (nSPS) is 20.1. The molecule has 15 nitrogen and oxygen atoms in total. The minimum Gasteiger partial charge on any atom is -0.453 e. The third kappa shape index (κ3) is 8.71. The lowest BCUT2D eigenvalue weighted by molar-refractivity contribution is -0.137. The van der Waals surface area contributed by atoms with Crippen LogP contribution >= 0.6 is 0 Å². The van der Waals surface area contributed by atoms with Crippen molar-refractivity contribution in [3.63, 3.8) is 0 Å². The first-order valence-electron chi connectivity index (χ1n) is 21.5. The molecule has 2 saturated heterocycles. The van der Waals surface area contributed by atoms with Crippen LogP contribution in [0, 0.1) is 23.3 Å². The molecule has 1 saturated carbocycles. The molecule has 15 heteroatoms. The van der Waals surface area contributed by atoms with Gasteiger partial charge in [0, 0.05) is 12.1 Å². The molecule has 5 aromatic rings. The number of hydrogen-bond donors (Lipinski definition) is 4. The number of aromatic nitrogens is 4. The van der Waals surface area contributed by atoms with Gasteiger partial charge in [0.15, 0.2) is 0 Å². The van der Waals surface area contributed by atoms with Crippen molar-refractivity contribution in [2.75, 3.05) is 27.3 Å². The third-order valence-electron chi connectivity index (χ3n) is 12.9. The average molecular weight is 854 g/mol. The monoisotopic (exact) mass is 853 g/mol. The van der Waals surface area contributed by atoms with Crippen LogP contribution in [0.3, 0.4) is 0 Å². The zero-order valence-corrected chi connectivity index (χ0v) is 36.8. The molecule has 0 bridgehead atoms. The molecule has 3 fully saturated rings. The summed E-state index contributed by atoms with van der Waals surface area (Å²) >= 11 is 0. The topological polar surface area (TPSA) is 179 Å². The third-order valence-corrected chi connectivity index (χ3v) is 12.9. The Morgan fingerprint density at radius 2 is 1.33 bits per heavy atom. The molecular weight excluding hydrogens is 799 g/mol. The summed E-state index contributed by atoms with van der Waals surface area (Å²) in [6.07, 6.45) is 5.71. The van der Waals surface area contributed by atoms with Crippen molar-refractivity contribution < 1.29 is 28.7 Å². The largest absolute Gasteiger partial charge is 0.453 e. The van der Waals surface area contributed by atoms with Crippen LogP contribution in [-0.4, -0.2) is 99.2 Å². The molecule has 1 aliphatic carbocycles. The van der Waals surface area contributed by atoms with Gasteiger partial charge in [0.1, 0.15) is 23.7 Å². The van der Waals surface area contributed by atoms with E-state index in [2.05, 4.69) is 79.0 Å². The number of alkyl carbamates (subject to hydrolysis) is 2. The van der Waals surface area contributed by atoms with Crippen molar-refractivity contribution >= 4 is 34.8 Å². The first-order valence-corrected chi connectivity index (χ1v) is 21.5. The molecule has 4 heterocycles. The fraction of sp³-hybridized carbons (Fsp3) is 0.438. The summed E-state index contributed by atoms with van der Waals surface area (Å²) in [7, 11) is 2.56.